The van der Waals surface area contributed by atoms with Crippen LogP contribution < -0.4 is 5.73 Å². The molecule has 0 aromatic carbocycles. The van der Waals surface area contributed by atoms with Crippen LogP contribution in [0.5, 0.6) is 0 Å². The minimum Gasteiger partial charge on any atom is -0.481 e. The number of carboxylic acid groups (broad SMARTS) is 1. The van der Waals surface area contributed by atoms with Crippen LogP contribution in [0.3, 0.4) is 0 Å². The van der Waals surface area contributed by atoms with Gasteiger partial charge in [0, 0.05) is 35.5 Å². The Morgan fingerprint density at radius 1 is 1.27 bits per heavy atom. The van der Waals surface area contributed by atoms with E-state index in [1.54, 1.807) is 0 Å². The van der Waals surface area contributed by atoms with Crippen LogP contribution in [-0.4, -0.2) is 46.5 Å². The first kappa shape index (κ1) is 17.3. The summed E-state index contributed by atoms with van der Waals surface area (Å²) >= 11 is 0. The van der Waals surface area contributed by atoms with Crippen LogP contribution in [0.15, 0.2) is 0 Å². The van der Waals surface area contributed by atoms with Gasteiger partial charge in [-0.2, -0.15) is 0 Å². The average molecular weight is 224 g/mol. The standard InChI is InChI=1S/C10H19NO3.Na/c1-2-3-4-5-6-8(10(11)14)7-9(12)13;/h8H,2-7H2,1H3,(H2,11,14)(H,12,13);. The van der Waals surface area contributed by atoms with Crippen LogP contribution in [0.1, 0.15) is 45.4 Å². The number of carboxylic acids is 1. The number of hydrogen-bond acceptors (Lipinski definition) is 2. The van der Waals surface area contributed by atoms with E-state index < -0.39 is 17.8 Å². The van der Waals surface area contributed by atoms with Gasteiger partial charge in [0.15, 0.2) is 0 Å². The summed E-state index contributed by atoms with van der Waals surface area (Å²) in [7, 11) is 0. The summed E-state index contributed by atoms with van der Waals surface area (Å²) in [4.78, 5) is 21.3. The van der Waals surface area contributed by atoms with Crippen molar-refractivity contribution in [2.75, 3.05) is 0 Å². The molecule has 0 rings (SSSR count). The number of carbonyl (C=O) groups excluding carboxylic acids is 1. The van der Waals surface area contributed by atoms with Crippen LogP contribution in [-0.2, 0) is 9.59 Å². The minimum absolute atomic E-state index is 0. The van der Waals surface area contributed by atoms with E-state index in [4.69, 9.17) is 10.8 Å². The molecular weight excluding hydrogens is 205 g/mol. The Bertz CT molecular complexity index is 197. The summed E-state index contributed by atoms with van der Waals surface area (Å²) in [5.41, 5.74) is 5.10. The summed E-state index contributed by atoms with van der Waals surface area (Å²) in [5.74, 6) is -1.95. The molecule has 83 valence electrons. The van der Waals surface area contributed by atoms with Gasteiger partial charge in [0.2, 0.25) is 5.91 Å². The molecule has 0 fully saturated rings. The van der Waals surface area contributed by atoms with Gasteiger partial charge in [-0.05, 0) is 6.42 Å². The molecule has 1 amide bonds. The Balaban J connectivity index is 0. The van der Waals surface area contributed by atoms with Crippen molar-refractivity contribution in [2.45, 2.75) is 45.4 Å². The molecule has 4 nitrogen and oxygen atoms in total. The molecule has 1 atom stereocenters. The van der Waals surface area contributed by atoms with Crippen molar-refractivity contribution < 1.29 is 14.7 Å². The van der Waals surface area contributed by atoms with Crippen molar-refractivity contribution in [3.05, 3.63) is 0 Å². The number of carbonyl (C=O) groups is 2. The minimum atomic E-state index is -0.954. The molecule has 0 aliphatic rings. The van der Waals surface area contributed by atoms with Crippen LogP contribution in [0.25, 0.3) is 0 Å². The molecule has 0 saturated carbocycles. The Morgan fingerprint density at radius 2 is 1.87 bits per heavy atom. The second-order valence-corrected chi connectivity index (χ2v) is 3.55. The molecule has 1 radical (unpaired) electrons. The predicted octanol–water partition coefficient (Wildman–Crippen LogP) is 1.15. The number of nitrogens with two attached hydrogens (primary N) is 1. The molecular formula is C10H19NNaO3. The number of primary amides is 1. The van der Waals surface area contributed by atoms with E-state index in [2.05, 4.69) is 6.92 Å². The molecule has 0 aromatic heterocycles. The SMILES string of the molecule is CCCCCCC(CC(=O)O)C(N)=O.[Na]. The second kappa shape index (κ2) is 10.5. The number of rotatable bonds is 8. The molecule has 15 heavy (non-hydrogen) atoms. The van der Waals surface area contributed by atoms with Crippen LogP contribution in [0, 0.1) is 5.92 Å². The smallest absolute Gasteiger partial charge is 0.304 e. The molecule has 0 aliphatic carbocycles. The maximum atomic E-state index is 10.9. The fourth-order valence-corrected chi connectivity index (χ4v) is 1.37. The first-order chi connectivity index (χ1) is 6.57. The third kappa shape index (κ3) is 10.2. The summed E-state index contributed by atoms with van der Waals surface area (Å²) in [6.07, 6.45) is 4.64. The number of unbranched alkanes of at least 4 members (excludes halogenated alkanes) is 3. The summed E-state index contributed by atoms with van der Waals surface area (Å²) in [5, 5.41) is 8.53. The number of hydrogen-bond donors (Lipinski definition) is 2. The first-order valence-corrected chi connectivity index (χ1v) is 5.09. The predicted molar refractivity (Wildman–Crippen MR) is 59.5 cm³/mol. The first-order valence-electron chi connectivity index (χ1n) is 5.09. The van der Waals surface area contributed by atoms with Crippen molar-refractivity contribution in [1.29, 1.82) is 0 Å². The van der Waals surface area contributed by atoms with Gasteiger partial charge in [-0.25, -0.2) is 0 Å². The zero-order valence-corrected chi connectivity index (χ0v) is 11.7. The molecule has 0 spiro atoms. The molecule has 0 aromatic rings. The van der Waals surface area contributed by atoms with Gasteiger partial charge in [-0.1, -0.05) is 32.6 Å². The topological polar surface area (TPSA) is 80.4 Å². The molecule has 0 aliphatic heterocycles. The fraction of sp³-hybridized carbons (Fsp3) is 0.800. The Hall–Kier alpha value is -0.0600. The maximum absolute atomic E-state index is 10.9. The molecule has 1 unspecified atom stereocenters. The molecule has 0 heterocycles. The van der Waals surface area contributed by atoms with Gasteiger partial charge >= 0.3 is 5.97 Å². The zero-order chi connectivity index (χ0) is 11.0. The Labute approximate surface area is 113 Å². The Morgan fingerprint density at radius 3 is 2.27 bits per heavy atom. The van der Waals surface area contributed by atoms with Crippen LogP contribution in [0.4, 0.5) is 0 Å². The number of amides is 1. The van der Waals surface area contributed by atoms with E-state index >= 15 is 0 Å². The van der Waals surface area contributed by atoms with E-state index in [9.17, 15) is 9.59 Å². The second-order valence-electron chi connectivity index (χ2n) is 3.55. The van der Waals surface area contributed by atoms with Gasteiger partial charge in [-0.15, -0.1) is 0 Å². The average Bonchev–Trinajstić information content (AvgIpc) is 2.09. The van der Waals surface area contributed by atoms with E-state index in [1.165, 1.54) is 0 Å². The van der Waals surface area contributed by atoms with Crippen molar-refractivity contribution in [2.24, 2.45) is 11.7 Å². The third-order valence-electron chi connectivity index (χ3n) is 2.23. The van der Waals surface area contributed by atoms with E-state index in [0.29, 0.717) is 6.42 Å². The van der Waals surface area contributed by atoms with Crippen molar-refractivity contribution in [3.63, 3.8) is 0 Å². The van der Waals surface area contributed by atoms with E-state index in [-0.39, 0.29) is 36.0 Å². The van der Waals surface area contributed by atoms with Gasteiger partial charge < -0.3 is 10.8 Å². The molecule has 3 N–H and O–H groups in total. The quantitative estimate of drug-likeness (QED) is 0.479. The van der Waals surface area contributed by atoms with Gasteiger partial charge in [0.25, 0.3) is 0 Å². The van der Waals surface area contributed by atoms with E-state index in [0.717, 1.165) is 25.7 Å². The molecule has 0 bridgehead atoms. The van der Waals surface area contributed by atoms with E-state index in [1.807, 2.05) is 0 Å². The van der Waals surface area contributed by atoms with Gasteiger partial charge in [0.05, 0.1) is 6.42 Å². The normalized spacial score (nSPS) is 11.5. The number of aliphatic carboxylic acids is 1. The summed E-state index contributed by atoms with van der Waals surface area (Å²) in [6, 6.07) is 0. The molecule has 5 heteroatoms. The largest absolute Gasteiger partial charge is 0.481 e. The third-order valence-corrected chi connectivity index (χ3v) is 2.23. The summed E-state index contributed by atoms with van der Waals surface area (Å²) in [6.45, 7) is 2.10. The van der Waals surface area contributed by atoms with Crippen molar-refractivity contribution in [3.8, 4) is 0 Å². The zero-order valence-electron chi connectivity index (χ0n) is 9.66. The fourth-order valence-electron chi connectivity index (χ4n) is 1.37. The van der Waals surface area contributed by atoms with Gasteiger partial charge in [0.1, 0.15) is 0 Å². The van der Waals surface area contributed by atoms with Gasteiger partial charge in [-0.3, -0.25) is 9.59 Å². The van der Waals surface area contributed by atoms with Crippen LogP contribution in [0.2, 0.25) is 0 Å². The van der Waals surface area contributed by atoms with Crippen molar-refractivity contribution >= 4 is 41.4 Å². The summed E-state index contributed by atoms with van der Waals surface area (Å²) < 4.78 is 0. The monoisotopic (exact) mass is 224 g/mol. The van der Waals surface area contributed by atoms with Crippen LogP contribution >= 0.6 is 0 Å². The molecule has 0 saturated heterocycles. The van der Waals surface area contributed by atoms with Crippen molar-refractivity contribution in [1.82, 2.24) is 0 Å². The maximum Gasteiger partial charge on any atom is 0.304 e. The Kier molecular flexibility index (Phi) is 12.1.